The van der Waals surface area contributed by atoms with Gasteiger partial charge in [-0.15, -0.1) is 0 Å². The Labute approximate surface area is 179 Å². The SMILES string of the molecule is O=C(Nc1nc2ccc(Cl)cc2s1)C1CCN(c2nc3c(F)cccc3s2)CC1. The van der Waals surface area contributed by atoms with E-state index in [1.54, 1.807) is 12.1 Å². The van der Waals surface area contributed by atoms with Crippen LogP contribution in [0.4, 0.5) is 14.7 Å². The monoisotopic (exact) mass is 446 g/mol. The maximum Gasteiger partial charge on any atom is 0.229 e. The van der Waals surface area contributed by atoms with Gasteiger partial charge in [-0.05, 0) is 43.2 Å². The summed E-state index contributed by atoms with van der Waals surface area (Å²) in [7, 11) is 0. The fourth-order valence-corrected chi connectivity index (χ4v) is 5.71. The quantitative estimate of drug-likeness (QED) is 0.448. The normalized spacial score (nSPS) is 15.3. The Balaban J connectivity index is 1.24. The van der Waals surface area contributed by atoms with Crippen LogP contribution in [0.3, 0.4) is 0 Å². The second-order valence-electron chi connectivity index (χ2n) is 6.96. The number of thiazole rings is 2. The molecule has 0 unspecified atom stereocenters. The first kappa shape index (κ1) is 18.7. The summed E-state index contributed by atoms with van der Waals surface area (Å²) in [5, 5.41) is 5.01. The first-order valence-corrected chi connectivity index (χ1v) is 11.2. The molecule has 2 aromatic carbocycles. The summed E-state index contributed by atoms with van der Waals surface area (Å²) >= 11 is 8.93. The van der Waals surface area contributed by atoms with Gasteiger partial charge in [-0.2, -0.15) is 0 Å². The minimum Gasteiger partial charge on any atom is -0.348 e. The van der Waals surface area contributed by atoms with Crippen molar-refractivity contribution < 1.29 is 9.18 Å². The van der Waals surface area contributed by atoms with Gasteiger partial charge in [0.15, 0.2) is 10.3 Å². The maximum absolute atomic E-state index is 13.9. The summed E-state index contributed by atoms with van der Waals surface area (Å²) in [5.41, 5.74) is 1.25. The number of para-hydroxylation sites is 1. The maximum atomic E-state index is 13.9. The zero-order valence-electron chi connectivity index (χ0n) is 15.2. The molecule has 3 heterocycles. The molecule has 0 radical (unpaired) electrons. The fraction of sp³-hybridized carbons (Fsp3) is 0.250. The first-order valence-electron chi connectivity index (χ1n) is 9.24. The van der Waals surface area contributed by atoms with Crippen molar-refractivity contribution in [2.75, 3.05) is 23.3 Å². The van der Waals surface area contributed by atoms with Gasteiger partial charge in [0.25, 0.3) is 0 Å². The summed E-state index contributed by atoms with van der Waals surface area (Å²) in [6.45, 7) is 1.43. The molecule has 1 N–H and O–H groups in total. The smallest absolute Gasteiger partial charge is 0.229 e. The standard InChI is InChI=1S/C20H16ClFN4OS2/c21-12-4-5-14-16(10-12)28-19(23-14)25-18(27)11-6-8-26(9-7-11)20-24-17-13(22)2-1-3-15(17)29-20/h1-5,10-11H,6-9H2,(H,23,25,27). The average Bonchev–Trinajstić information content (AvgIpc) is 3.32. The van der Waals surface area contributed by atoms with Crippen LogP contribution in [0.5, 0.6) is 0 Å². The van der Waals surface area contributed by atoms with Gasteiger partial charge in [0, 0.05) is 24.0 Å². The molecule has 1 saturated heterocycles. The topological polar surface area (TPSA) is 58.1 Å². The lowest BCUT2D eigenvalue weighted by molar-refractivity contribution is -0.120. The van der Waals surface area contributed by atoms with Crippen molar-refractivity contribution in [1.82, 2.24) is 9.97 Å². The van der Waals surface area contributed by atoms with E-state index in [9.17, 15) is 9.18 Å². The number of carbonyl (C=O) groups excluding carboxylic acids is 1. The molecule has 0 spiro atoms. The van der Waals surface area contributed by atoms with Crippen molar-refractivity contribution in [3.8, 4) is 0 Å². The van der Waals surface area contributed by atoms with Crippen molar-refractivity contribution in [2.24, 2.45) is 5.92 Å². The third kappa shape index (κ3) is 3.68. The molecule has 5 nitrogen and oxygen atoms in total. The molecule has 2 aromatic heterocycles. The van der Waals surface area contributed by atoms with Gasteiger partial charge < -0.3 is 10.2 Å². The van der Waals surface area contributed by atoms with Crippen LogP contribution in [-0.2, 0) is 4.79 Å². The van der Waals surface area contributed by atoms with Crippen LogP contribution in [0.2, 0.25) is 5.02 Å². The summed E-state index contributed by atoms with van der Waals surface area (Å²) in [6.07, 6.45) is 1.45. The number of hydrogen-bond acceptors (Lipinski definition) is 6. The number of fused-ring (bicyclic) bond motifs is 2. The van der Waals surface area contributed by atoms with E-state index in [-0.39, 0.29) is 17.6 Å². The van der Waals surface area contributed by atoms with E-state index in [1.165, 1.54) is 28.7 Å². The number of hydrogen-bond donors (Lipinski definition) is 1. The molecule has 0 saturated carbocycles. The molecule has 0 atom stereocenters. The molecule has 5 rings (SSSR count). The Hall–Kier alpha value is -2.29. The van der Waals surface area contributed by atoms with Crippen LogP contribution >= 0.6 is 34.3 Å². The Kier molecular flexibility index (Phi) is 4.85. The van der Waals surface area contributed by atoms with Crippen molar-refractivity contribution in [2.45, 2.75) is 12.8 Å². The molecule has 0 bridgehead atoms. The fourth-order valence-electron chi connectivity index (χ4n) is 3.53. The van der Waals surface area contributed by atoms with Crippen LogP contribution in [0, 0.1) is 11.7 Å². The Morgan fingerprint density at radius 3 is 2.76 bits per heavy atom. The van der Waals surface area contributed by atoms with E-state index in [4.69, 9.17) is 11.6 Å². The summed E-state index contributed by atoms with van der Waals surface area (Å²) in [6, 6.07) is 10.5. The van der Waals surface area contributed by atoms with Crippen molar-refractivity contribution in [1.29, 1.82) is 0 Å². The molecule has 1 aliphatic heterocycles. The number of aromatic nitrogens is 2. The molecule has 29 heavy (non-hydrogen) atoms. The number of nitrogens with one attached hydrogen (secondary N) is 1. The van der Waals surface area contributed by atoms with Gasteiger partial charge in [-0.3, -0.25) is 4.79 Å². The number of anilines is 2. The van der Waals surface area contributed by atoms with E-state index in [1.807, 2.05) is 18.2 Å². The number of piperidine rings is 1. The lowest BCUT2D eigenvalue weighted by atomic mass is 9.96. The molecule has 148 valence electrons. The Morgan fingerprint density at radius 1 is 1.14 bits per heavy atom. The van der Waals surface area contributed by atoms with E-state index in [0.717, 1.165) is 46.0 Å². The zero-order chi connectivity index (χ0) is 20.0. The minimum atomic E-state index is -0.295. The Morgan fingerprint density at radius 2 is 1.97 bits per heavy atom. The molecule has 1 fully saturated rings. The predicted molar refractivity (Wildman–Crippen MR) is 118 cm³/mol. The highest BCUT2D eigenvalue weighted by Gasteiger charge is 2.27. The second-order valence-corrected chi connectivity index (χ2v) is 9.44. The lowest BCUT2D eigenvalue weighted by Crippen LogP contribution is -2.38. The first-order chi connectivity index (χ1) is 14.1. The van der Waals surface area contributed by atoms with Gasteiger partial charge in [0.1, 0.15) is 11.3 Å². The van der Waals surface area contributed by atoms with Gasteiger partial charge in [0.05, 0.1) is 14.9 Å². The highest BCUT2D eigenvalue weighted by Crippen LogP contribution is 2.33. The summed E-state index contributed by atoms with van der Waals surface area (Å²) in [4.78, 5) is 23.7. The van der Waals surface area contributed by atoms with Crippen molar-refractivity contribution in [3.63, 3.8) is 0 Å². The highest BCUT2D eigenvalue weighted by molar-refractivity contribution is 7.22. The number of halogens is 2. The van der Waals surface area contributed by atoms with Crippen molar-refractivity contribution >= 4 is 70.9 Å². The number of nitrogens with zero attached hydrogens (tertiary/aromatic N) is 3. The van der Waals surface area contributed by atoms with E-state index in [2.05, 4.69) is 20.2 Å². The van der Waals surface area contributed by atoms with Gasteiger partial charge in [-0.25, -0.2) is 14.4 Å². The van der Waals surface area contributed by atoms with Crippen molar-refractivity contribution in [3.05, 3.63) is 47.2 Å². The van der Waals surface area contributed by atoms with Crippen LogP contribution < -0.4 is 10.2 Å². The van der Waals surface area contributed by atoms with Crippen LogP contribution in [-0.4, -0.2) is 29.0 Å². The van der Waals surface area contributed by atoms with E-state index in [0.29, 0.717) is 15.7 Å². The van der Waals surface area contributed by atoms with E-state index >= 15 is 0 Å². The largest absolute Gasteiger partial charge is 0.348 e. The zero-order valence-corrected chi connectivity index (χ0v) is 17.6. The molecular weight excluding hydrogens is 431 g/mol. The third-order valence-electron chi connectivity index (χ3n) is 5.08. The van der Waals surface area contributed by atoms with Gasteiger partial charge in [0.2, 0.25) is 5.91 Å². The molecule has 4 aromatic rings. The number of amides is 1. The second kappa shape index (κ2) is 7.51. The molecule has 0 aliphatic carbocycles. The third-order valence-corrected chi connectivity index (χ3v) is 7.33. The lowest BCUT2D eigenvalue weighted by Gasteiger charge is -2.30. The average molecular weight is 447 g/mol. The molecule has 1 amide bonds. The van der Waals surface area contributed by atoms with Gasteiger partial charge >= 0.3 is 0 Å². The van der Waals surface area contributed by atoms with Crippen LogP contribution in [0.1, 0.15) is 12.8 Å². The van der Waals surface area contributed by atoms with Gasteiger partial charge in [-0.1, -0.05) is 40.3 Å². The number of benzene rings is 2. The predicted octanol–water partition coefficient (Wildman–Crippen LogP) is 5.55. The molecule has 1 aliphatic rings. The Bertz CT molecular complexity index is 1220. The molecular formula is C20H16ClFN4OS2. The number of carbonyl (C=O) groups is 1. The summed E-state index contributed by atoms with van der Waals surface area (Å²) < 4.78 is 15.7. The molecule has 9 heteroatoms. The van der Waals surface area contributed by atoms with E-state index < -0.39 is 0 Å². The highest BCUT2D eigenvalue weighted by atomic mass is 35.5. The van der Waals surface area contributed by atoms with Crippen LogP contribution in [0.25, 0.3) is 20.4 Å². The number of rotatable bonds is 3. The minimum absolute atomic E-state index is 0.00912. The summed E-state index contributed by atoms with van der Waals surface area (Å²) in [5.74, 6) is -0.380. The van der Waals surface area contributed by atoms with Crippen LogP contribution in [0.15, 0.2) is 36.4 Å².